The SMILES string of the molecule is Cc1cc(C(=O)Nc2ccccc2Cl)sn1. The van der Waals surface area contributed by atoms with Crippen molar-refractivity contribution in [1.82, 2.24) is 4.37 Å². The van der Waals surface area contributed by atoms with E-state index in [9.17, 15) is 4.79 Å². The molecule has 0 spiro atoms. The number of hydrogen-bond donors (Lipinski definition) is 1. The number of hydrogen-bond acceptors (Lipinski definition) is 3. The number of para-hydroxylation sites is 1. The number of nitrogens with one attached hydrogen (secondary N) is 1. The first-order chi connectivity index (χ1) is 7.66. The number of amides is 1. The standard InChI is InChI=1S/C11H9ClN2OS/c1-7-6-10(16-14-7)11(15)13-9-5-3-2-4-8(9)12/h2-6H,1H3,(H,13,15). The maximum atomic E-state index is 11.8. The first-order valence-electron chi connectivity index (χ1n) is 4.66. The second kappa shape index (κ2) is 4.63. The lowest BCUT2D eigenvalue weighted by atomic mass is 10.3. The van der Waals surface area contributed by atoms with Crippen LogP contribution in [-0.2, 0) is 0 Å². The van der Waals surface area contributed by atoms with Gasteiger partial charge in [-0.05, 0) is 36.7 Å². The van der Waals surface area contributed by atoms with E-state index in [2.05, 4.69) is 9.69 Å². The normalized spacial score (nSPS) is 10.1. The summed E-state index contributed by atoms with van der Waals surface area (Å²) in [4.78, 5) is 12.4. The van der Waals surface area contributed by atoms with Crippen molar-refractivity contribution in [2.75, 3.05) is 5.32 Å². The van der Waals surface area contributed by atoms with Gasteiger partial charge in [-0.25, -0.2) is 0 Å². The highest BCUT2D eigenvalue weighted by Gasteiger charge is 2.10. The Morgan fingerprint density at radius 2 is 2.19 bits per heavy atom. The summed E-state index contributed by atoms with van der Waals surface area (Å²) in [5.41, 5.74) is 1.45. The highest BCUT2D eigenvalue weighted by molar-refractivity contribution is 7.08. The predicted octanol–water partition coefficient (Wildman–Crippen LogP) is 3.36. The van der Waals surface area contributed by atoms with Crippen molar-refractivity contribution >= 4 is 34.7 Å². The molecule has 2 aromatic rings. The van der Waals surface area contributed by atoms with Gasteiger partial charge >= 0.3 is 0 Å². The Balaban J connectivity index is 2.17. The second-order valence-corrected chi connectivity index (χ2v) is 4.48. The van der Waals surface area contributed by atoms with Gasteiger partial charge in [0, 0.05) is 0 Å². The lowest BCUT2D eigenvalue weighted by Gasteiger charge is -2.04. The van der Waals surface area contributed by atoms with Crippen molar-refractivity contribution in [3.05, 3.63) is 45.9 Å². The Hall–Kier alpha value is -1.39. The monoisotopic (exact) mass is 252 g/mol. The van der Waals surface area contributed by atoms with Crippen LogP contribution in [0.5, 0.6) is 0 Å². The Kier molecular flexibility index (Phi) is 3.22. The molecule has 0 fully saturated rings. The van der Waals surface area contributed by atoms with E-state index in [1.807, 2.05) is 19.1 Å². The first kappa shape index (κ1) is 11.1. The molecule has 3 nitrogen and oxygen atoms in total. The third kappa shape index (κ3) is 2.40. The molecule has 0 aliphatic rings. The number of carbonyl (C=O) groups is 1. The molecule has 0 unspecified atom stereocenters. The number of aryl methyl sites for hydroxylation is 1. The maximum absolute atomic E-state index is 11.8. The summed E-state index contributed by atoms with van der Waals surface area (Å²) in [6, 6.07) is 8.87. The maximum Gasteiger partial charge on any atom is 0.267 e. The molecule has 5 heteroatoms. The van der Waals surface area contributed by atoms with E-state index in [0.29, 0.717) is 15.6 Å². The van der Waals surface area contributed by atoms with Gasteiger partial charge < -0.3 is 5.32 Å². The minimum atomic E-state index is -0.182. The number of nitrogens with zero attached hydrogens (tertiary/aromatic N) is 1. The number of carbonyl (C=O) groups excluding carboxylic acids is 1. The zero-order chi connectivity index (χ0) is 11.5. The zero-order valence-corrected chi connectivity index (χ0v) is 10.1. The van der Waals surface area contributed by atoms with Gasteiger partial charge in [0.2, 0.25) is 0 Å². The van der Waals surface area contributed by atoms with Crippen molar-refractivity contribution in [3.8, 4) is 0 Å². The summed E-state index contributed by atoms with van der Waals surface area (Å²) in [7, 11) is 0. The second-order valence-electron chi connectivity index (χ2n) is 3.27. The van der Waals surface area contributed by atoms with Crippen LogP contribution in [0.2, 0.25) is 5.02 Å². The summed E-state index contributed by atoms with van der Waals surface area (Å²) >= 11 is 7.11. The average Bonchev–Trinajstić information content (AvgIpc) is 2.68. The largest absolute Gasteiger partial charge is 0.320 e. The molecular weight excluding hydrogens is 244 g/mol. The van der Waals surface area contributed by atoms with Gasteiger partial charge in [-0.3, -0.25) is 4.79 Å². The molecule has 1 amide bonds. The molecule has 1 aromatic heterocycles. The van der Waals surface area contributed by atoms with Gasteiger partial charge in [-0.15, -0.1) is 0 Å². The highest BCUT2D eigenvalue weighted by Crippen LogP contribution is 2.21. The number of rotatable bonds is 2. The van der Waals surface area contributed by atoms with E-state index >= 15 is 0 Å². The number of anilines is 1. The van der Waals surface area contributed by atoms with Crippen LogP contribution in [0.15, 0.2) is 30.3 Å². The molecule has 2 rings (SSSR count). The van der Waals surface area contributed by atoms with E-state index in [1.165, 1.54) is 11.5 Å². The van der Waals surface area contributed by atoms with Crippen LogP contribution in [0, 0.1) is 6.92 Å². The average molecular weight is 253 g/mol. The fourth-order valence-electron chi connectivity index (χ4n) is 1.22. The molecule has 0 radical (unpaired) electrons. The highest BCUT2D eigenvalue weighted by atomic mass is 35.5. The predicted molar refractivity (Wildman–Crippen MR) is 66.3 cm³/mol. The molecule has 82 valence electrons. The van der Waals surface area contributed by atoms with Gasteiger partial charge in [0.15, 0.2) is 0 Å². The third-order valence-electron chi connectivity index (χ3n) is 1.97. The summed E-state index contributed by atoms with van der Waals surface area (Å²) in [5, 5.41) is 3.26. The summed E-state index contributed by atoms with van der Waals surface area (Å²) in [5.74, 6) is -0.182. The van der Waals surface area contributed by atoms with E-state index in [4.69, 9.17) is 11.6 Å². The summed E-state index contributed by atoms with van der Waals surface area (Å²) in [6.07, 6.45) is 0. The Bertz CT molecular complexity index is 524. The smallest absolute Gasteiger partial charge is 0.267 e. The molecule has 0 saturated heterocycles. The Labute approximate surface area is 102 Å². The van der Waals surface area contributed by atoms with Crippen LogP contribution in [-0.4, -0.2) is 10.3 Å². The minimum Gasteiger partial charge on any atom is -0.320 e. The molecule has 0 aliphatic carbocycles. The van der Waals surface area contributed by atoms with E-state index in [1.54, 1.807) is 18.2 Å². The Morgan fingerprint density at radius 3 is 2.81 bits per heavy atom. The molecule has 0 aliphatic heterocycles. The fraction of sp³-hybridized carbons (Fsp3) is 0.0909. The molecule has 0 bridgehead atoms. The minimum absolute atomic E-state index is 0.182. The molecule has 1 N–H and O–H groups in total. The molecule has 0 saturated carbocycles. The quantitative estimate of drug-likeness (QED) is 0.891. The summed E-state index contributed by atoms with van der Waals surface area (Å²) in [6.45, 7) is 1.85. The van der Waals surface area contributed by atoms with Crippen LogP contribution >= 0.6 is 23.1 Å². The van der Waals surface area contributed by atoms with Crippen molar-refractivity contribution in [2.45, 2.75) is 6.92 Å². The molecule has 1 aromatic carbocycles. The molecular formula is C11H9ClN2OS. The van der Waals surface area contributed by atoms with Crippen LogP contribution < -0.4 is 5.32 Å². The van der Waals surface area contributed by atoms with E-state index in [0.717, 1.165) is 5.69 Å². The van der Waals surface area contributed by atoms with E-state index < -0.39 is 0 Å². The van der Waals surface area contributed by atoms with Crippen molar-refractivity contribution in [1.29, 1.82) is 0 Å². The van der Waals surface area contributed by atoms with Gasteiger partial charge in [0.25, 0.3) is 5.91 Å². The Morgan fingerprint density at radius 1 is 1.44 bits per heavy atom. The molecule has 1 heterocycles. The van der Waals surface area contributed by atoms with Gasteiger partial charge in [0.05, 0.1) is 16.4 Å². The van der Waals surface area contributed by atoms with Crippen LogP contribution in [0.1, 0.15) is 15.4 Å². The van der Waals surface area contributed by atoms with E-state index in [-0.39, 0.29) is 5.91 Å². The van der Waals surface area contributed by atoms with Crippen molar-refractivity contribution in [3.63, 3.8) is 0 Å². The lowest BCUT2D eigenvalue weighted by molar-refractivity contribution is 0.103. The zero-order valence-electron chi connectivity index (χ0n) is 8.53. The van der Waals surface area contributed by atoms with Crippen molar-refractivity contribution < 1.29 is 4.79 Å². The lowest BCUT2D eigenvalue weighted by Crippen LogP contribution is -2.10. The molecule has 0 atom stereocenters. The number of halogens is 1. The topological polar surface area (TPSA) is 42.0 Å². The number of benzene rings is 1. The van der Waals surface area contributed by atoms with Crippen molar-refractivity contribution in [2.24, 2.45) is 0 Å². The van der Waals surface area contributed by atoms with Gasteiger partial charge in [-0.2, -0.15) is 4.37 Å². The van der Waals surface area contributed by atoms with Gasteiger partial charge in [0.1, 0.15) is 4.88 Å². The van der Waals surface area contributed by atoms with Crippen LogP contribution in [0.25, 0.3) is 0 Å². The fourth-order valence-corrected chi connectivity index (χ4v) is 2.05. The molecule has 16 heavy (non-hydrogen) atoms. The van der Waals surface area contributed by atoms with Gasteiger partial charge in [-0.1, -0.05) is 23.7 Å². The number of aromatic nitrogens is 1. The first-order valence-corrected chi connectivity index (χ1v) is 5.81. The van der Waals surface area contributed by atoms with Crippen LogP contribution in [0.4, 0.5) is 5.69 Å². The van der Waals surface area contributed by atoms with Crippen LogP contribution in [0.3, 0.4) is 0 Å². The third-order valence-corrected chi connectivity index (χ3v) is 3.18. The summed E-state index contributed by atoms with van der Waals surface area (Å²) < 4.78 is 4.05.